The molecule has 0 saturated carbocycles. The Hall–Kier alpha value is -0.915. The van der Waals surface area contributed by atoms with Gasteiger partial charge in [-0.3, -0.25) is 0 Å². The first-order valence-electron chi connectivity index (χ1n) is 9.57. The summed E-state index contributed by atoms with van der Waals surface area (Å²) >= 11 is 0. The van der Waals surface area contributed by atoms with Crippen LogP contribution in [0.4, 0.5) is 5.69 Å². The lowest BCUT2D eigenvalue weighted by molar-refractivity contribution is 0.800. The van der Waals surface area contributed by atoms with Gasteiger partial charge in [0, 0.05) is 25.9 Å². The van der Waals surface area contributed by atoms with Gasteiger partial charge >= 0.3 is 0 Å². The van der Waals surface area contributed by atoms with Gasteiger partial charge in [0.15, 0.2) is 0 Å². The second-order valence-corrected chi connectivity index (χ2v) is 7.39. The average Bonchev–Trinajstić information content (AvgIpc) is 2.54. The fourth-order valence-electron chi connectivity index (χ4n) is 3.90. The standard InChI is InChI=1S/C20H37BN/c1-6-9-16-21(17-10-7-2,18-11-8-3)19-12-14-20(15-13-19)22(4)5/h12-15H,6-11,16-18H2,1-5H3/q-1. The van der Waals surface area contributed by atoms with Gasteiger partial charge in [0.1, 0.15) is 0 Å². The average molecular weight is 302 g/mol. The van der Waals surface area contributed by atoms with Crippen molar-refractivity contribution >= 4 is 17.3 Å². The third-order valence-electron chi connectivity index (χ3n) is 5.45. The molecular formula is C20H37BN-. The summed E-state index contributed by atoms with van der Waals surface area (Å²) in [5.74, 6) is 0. The van der Waals surface area contributed by atoms with Crippen molar-refractivity contribution < 1.29 is 0 Å². The highest BCUT2D eigenvalue weighted by atomic mass is 15.1. The maximum Gasteiger partial charge on any atom is 0.0358 e. The van der Waals surface area contributed by atoms with E-state index in [9.17, 15) is 0 Å². The van der Waals surface area contributed by atoms with Gasteiger partial charge in [-0.05, 0) is 12.1 Å². The summed E-state index contributed by atoms with van der Waals surface area (Å²) in [6.45, 7) is 6.99. The van der Waals surface area contributed by atoms with Crippen molar-refractivity contribution in [3.05, 3.63) is 24.3 Å². The molecular weight excluding hydrogens is 265 g/mol. The van der Waals surface area contributed by atoms with Gasteiger partial charge in [-0.25, -0.2) is 5.46 Å². The molecule has 0 heterocycles. The number of benzene rings is 1. The van der Waals surface area contributed by atoms with E-state index in [1.54, 1.807) is 5.46 Å². The number of hydrogen-bond acceptors (Lipinski definition) is 1. The number of unbranched alkanes of at least 4 members (excludes halogenated alkanes) is 3. The van der Waals surface area contributed by atoms with Crippen molar-refractivity contribution in [3.8, 4) is 0 Å². The van der Waals surface area contributed by atoms with Crippen LogP contribution < -0.4 is 10.4 Å². The van der Waals surface area contributed by atoms with Crippen molar-refractivity contribution in [1.29, 1.82) is 0 Å². The highest BCUT2D eigenvalue weighted by Gasteiger charge is 2.24. The van der Waals surface area contributed by atoms with Crippen LogP contribution in [-0.4, -0.2) is 20.2 Å². The Balaban J connectivity index is 3.07. The van der Waals surface area contributed by atoms with Crippen LogP contribution >= 0.6 is 0 Å². The highest BCUT2D eigenvalue weighted by molar-refractivity contribution is 6.91. The van der Waals surface area contributed by atoms with Crippen LogP contribution in [0.25, 0.3) is 0 Å². The lowest BCUT2D eigenvalue weighted by Crippen LogP contribution is -2.47. The van der Waals surface area contributed by atoms with Crippen LogP contribution in [-0.2, 0) is 0 Å². The lowest BCUT2D eigenvalue weighted by atomic mass is 9.16. The molecule has 0 bridgehead atoms. The second kappa shape index (κ2) is 9.97. The van der Waals surface area contributed by atoms with Gasteiger partial charge in [0.2, 0.25) is 0 Å². The topological polar surface area (TPSA) is 3.24 Å². The molecule has 22 heavy (non-hydrogen) atoms. The van der Waals surface area contributed by atoms with E-state index in [-0.39, 0.29) is 6.15 Å². The molecule has 0 N–H and O–H groups in total. The molecule has 0 spiro atoms. The second-order valence-electron chi connectivity index (χ2n) is 7.39. The predicted molar refractivity (Wildman–Crippen MR) is 105 cm³/mol. The minimum absolute atomic E-state index is 0.365. The quantitative estimate of drug-likeness (QED) is 0.466. The summed E-state index contributed by atoms with van der Waals surface area (Å²) in [6.07, 6.45) is 12.0. The maximum atomic E-state index is 2.43. The Bertz CT molecular complexity index is 375. The van der Waals surface area contributed by atoms with Crippen LogP contribution in [0.15, 0.2) is 24.3 Å². The van der Waals surface area contributed by atoms with Crippen molar-refractivity contribution in [2.75, 3.05) is 19.0 Å². The number of hydrogen-bond donors (Lipinski definition) is 0. The summed E-state index contributed by atoms with van der Waals surface area (Å²) in [5.41, 5.74) is 2.95. The minimum Gasteiger partial charge on any atom is -0.378 e. The first-order chi connectivity index (χ1) is 10.6. The third-order valence-corrected chi connectivity index (χ3v) is 5.45. The van der Waals surface area contributed by atoms with E-state index < -0.39 is 0 Å². The van der Waals surface area contributed by atoms with Crippen molar-refractivity contribution in [1.82, 2.24) is 0 Å². The smallest absolute Gasteiger partial charge is 0.0358 e. The molecule has 1 rings (SSSR count). The maximum absolute atomic E-state index is 2.43. The van der Waals surface area contributed by atoms with Crippen LogP contribution in [0.3, 0.4) is 0 Å². The molecule has 126 valence electrons. The molecule has 0 aromatic heterocycles. The molecule has 0 aliphatic rings. The van der Waals surface area contributed by atoms with Crippen LogP contribution in [0.5, 0.6) is 0 Å². The number of nitrogens with zero attached hydrogens (tertiary/aromatic N) is 1. The van der Waals surface area contributed by atoms with Crippen molar-refractivity contribution in [2.45, 2.75) is 78.3 Å². The molecule has 0 atom stereocenters. The molecule has 0 fully saturated rings. The molecule has 0 aliphatic heterocycles. The van der Waals surface area contributed by atoms with E-state index >= 15 is 0 Å². The zero-order valence-electron chi connectivity index (χ0n) is 15.7. The highest BCUT2D eigenvalue weighted by Crippen LogP contribution is 2.29. The normalized spacial score (nSPS) is 11.7. The SMILES string of the molecule is CCCC[B-](CCCC)(CCCC)c1ccc(N(C)C)cc1. The Morgan fingerprint density at radius 1 is 0.727 bits per heavy atom. The summed E-state index contributed by atoms with van der Waals surface area (Å²) < 4.78 is 0. The van der Waals surface area contributed by atoms with E-state index in [1.807, 2.05) is 0 Å². The minimum atomic E-state index is -0.365. The molecule has 0 unspecified atom stereocenters. The van der Waals surface area contributed by atoms with E-state index in [0.717, 1.165) is 0 Å². The summed E-state index contributed by atoms with van der Waals surface area (Å²) in [7, 11) is 4.25. The zero-order chi connectivity index (χ0) is 16.4. The summed E-state index contributed by atoms with van der Waals surface area (Å²) in [6, 6.07) is 9.48. The molecule has 0 radical (unpaired) electrons. The van der Waals surface area contributed by atoms with Crippen molar-refractivity contribution in [2.24, 2.45) is 0 Å². The Kier molecular flexibility index (Phi) is 8.67. The third kappa shape index (κ3) is 5.37. The number of anilines is 1. The Morgan fingerprint density at radius 2 is 1.14 bits per heavy atom. The molecule has 2 heteroatoms. The Morgan fingerprint density at radius 3 is 1.45 bits per heavy atom. The molecule has 1 aromatic rings. The zero-order valence-corrected chi connectivity index (χ0v) is 15.7. The van der Waals surface area contributed by atoms with Gasteiger partial charge in [-0.1, -0.05) is 71.4 Å². The van der Waals surface area contributed by atoms with E-state index in [2.05, 4.69) is 64.0 Å². The number of rotatable bonds is 11. The molecule has 1 nitrogen and oxygen atoms in total. The van der Waals surface area contributed by atoms with Gasteiger partial charge in [-0.15, -0.1) is 0 Å². The Labute approximate surface area is 139 Å². The van der Waals surface area contributed by atoms with Gasteiger partial charge < -0.3 is 4.90 Å². The van der Waals surface area contributed by atoms with Gasteiger partial charge in [0.25, 0.3) is 0 Å². The fraction of sp³-hybridized carbons (Fsp3) is 0.700. The first-order valence-corrected chi connectivity index (χ1v) is 9.57. The summed E-state index contributed by atoms with van der Waals surface area (Å²) in [4.78, 5) is 2.20. The lowest BCUT2D eigenvalue weighted by Gasteiger charge is -2.41. The van der Waals surface area contributed by atoms with Crippen LogP contribution in [0.2, 0.25) is 19.0 Å². The molecule has 0 aliphatic carbocycles. The van der Waals surface area contributed by atoms with E-state index in [0.29, 0.717) is 0 Å². The van der Waals surface area contributed by atoms with E-state index in [1.165, 1.54) is 63.2 Å². The van der Waals surface area contributed by atoms with Crippen LogP contribution in [0, 0.1) is 0 Å². The first kappa shape index (κ1) is 19.1. The predicted octanol–water partition coefficient (Wildman–Crippen LogP) is 5.81. The monoisotopic (exact) mass is 302 g/mol. The molecule has 0 saturated heterocycles. The van der Waals surface area contributed by atoms with Gasteiger partial charge in [-0.2, -0.15) is 19.0 Å². The van der Waals surface area contributed by atoms with Gasteiger partial charge in [0.05, 0.1) is 0 Å². The van der Waals surface area contributed by atoms with Crippen molar-refractivity contribution in [3.63, 3.8) is 0 Å². The van der Waals surface area contributed by atoms with Crippen LogP contribution in [0.1, 0.15) is 59.3 Å². The van der Waals surface area contributed by atoms with E-state index in [4.69, 9.17) is 0 Å². The molecule has 0 amide bonds. The fourth-order valence-corrected chi connectivity index (χ4v) is 3.90. The largest absolute Gasteiger partial charge is 0.378 e. The summed E-state index contributed by atoms with van der Waals surface area (Å²) in [5, 5.41) is 0. The molecule has 1 aromatic carbocycles.